The maximum Gasteiger partial charge on any atom is -0.00343 e. The van der Waals surface area contributed by atoms with E-state index >= 15 is 0 Å². The molecule has 0 saturated carbocycles. The molecule has 0 aliphatic carbocycles. The Balaban J connectivity index is 2.43. The Kier molecular flexibility index (Phi) is 3.46. The molecule has 0 spiro atoms. The van der Waals surface area contributed by atoms with Gasteiger partial charge in [-0.1, -0.05) is 45.8 Å². The molecule has 1 heteroatoms. The van der Waals surface area contributed by atoms with E-state index in [1.165, 1.54) is 26.5 Å². The lowest BCUT2D eigenvalue weighted by atomic mass is 10.2. The van der Waals surface area contributed by atoms with Crippen LogP contribution in [0.15, 0.2) is 30.3 Å². The molecule has 0 nitrogen and oxygen atoms in total. The van der Waals surface area contributed by atoms with Gasteiger partial charge in [-0.15, -0.1) is 0 Å². The molecular formula is C9H12P. The molecule has 1 aromatic carbocycles. The van der Waals surface area contributed by atoms with Crippen LogP contribution in [0.5, 0.6) is 0 Å². The van der Waals surface area contributed by atoms with Gasteiger partial charge in [0.1, 0.15) is 0 Å². The van der Waals surface area contributed by atoms with Gasteiger partial charge >= 0.3 is 0 Å². The molecule has 0 saturated heterocycles. The van der Waals surface area contributed by atoms with Crippen LogP contribution < -0.4 is 0 Å². The Hall–Kier alpha value is -0.350. The summed E-state index contributed by atoms with van der Waals surface area (Å²) in [7, 11) is 1.53. The number of rotatable bonds is 3. The Morgan fingerprint density at radius 2 is 1.90 bits per heavy atom. The highest BCUT2D eigenvalue weighted by molar-refractivity contribution is 7.37. The molecule has 0 atom stereocenters. The second-order valence-corrected chi connectivity index (χ2v) is 3.58. The van der Waals surface area contributed by atoms with Crippen LogP contribution in [-0.2, 0) is 6.16 Å². The maximum atomic E-state index is 2.21. The molecule has 0 fully saturated rings. The van der Waals surface area contributed by atoms with Crippen LogP contribution in [0.25, 0.3) is 0 Å². The zero-order valence-corrected chi connectivity index (χ0v) is 7.14. The molecule has 53 valence electrons. The van der Waals surface area contributed by atoms with Gasteiger partial charge in [0.25, 0.3) is 0 Å². The number of hydrogen-bond donors (Lipinski definition) is 0. The molecule has 10 heavy (non-hydrogen) atoms. The lowest BCUT2D eigenvalue weighted by molar-refractivity contribution is 1.38. The van der Waals surface area contributed by atoms with Gasteiger partial charge in [0.2, 0.25) is 0 Å². The predicted octanol–water partition coefficient (Wildman–Crippen LogP) is 3.15. The minimum Gasteiger partial charge on any atom is -0.0765 e. The third kappa shape index (κ3) is 2.49. The monoisotopic (exact) mass is 151 g/mol. The van der Waals surface area contributed by atoms with Gasteiger partial charge in [0.15, 0.2) is 0 Å². The third-order valence-electron chi connectivity index (χ3n) is 1.36. The van der Waals surface area contributed by atoms with Gasteiger partial charge in [0, 0.05) is 0 Å². The SMILES string of the molecule is CC[P]Cc1ccccc1. The van der Waals surface area contributed by atoms with Crippen LogP contribution in [0.1, 0.15) is 12.5 Å². The molecular weight excluding hydrogens is 139 g/mol. The fourth-order valence-corrected chi connectivity index (χ4v) is 1.52. The molecule has 0 bridgehead atoms. The third-order valence-corrected chi connectivity index (χ3v) is 2.40. The zero-order chi connectivity index (χ0) is 7.23. The minimum absolute atomic E-state index is 1.21. The van der Waals surface area contributed by atoms with Crippen LogP contribution in [0.3, 0.4) is 0 Å². The summed E-state index contributed by atoms with van der Waals surface area (Å²) >= 11 is 0. The average Bonchev–Trinajstić information content (AvgIpc) is 2.03. The summed E-state index contributed by atoms with van der Waals surface area (Å²) in [5.74, 6) is 0. The van der Waals surface area contributed by atoms with Crippen molar-refractivity contribution >= 4 is 8.58 Å². The van der Waals surface area contributed by atoms with Gasteiger partial charge in [-0.25, -0.2) is 0 Å². The Labute approximate surface area is 64.4 Å². The normalized spacial score (nSPS) is 10.9. The molecule has 1 radical (unpaired) electrons. The summed E-state index contributed by atoms with van der Waals surface area (Å²) in [4.78, 5) is 0. The van der Waals surface area contributed by atoms with E-state index in [9.17, 15) is 0 Å². The quantitative estimate of drug-likeness (QED) is 0.582. The van der Waals surface area contributed by atoms with Crippen molar-refractivity contribution in [2.75, 3.05) is 6.16 Å². The van der Waals surface area contributed by atoms with E-state index < -0.39 is 0 Å². The van der Waals surface area contributed by atoms with Crippen LogP contribution >= 0.6 is 8.58 Å². The lowest BCUT2D eigenvalue weighted by Crippen LogP contribution is -1.75. The first kappa shape index (κ1) is 7.75. The molecule has 0 aliphatic rings. The average molecular weight is 151 g/mol. The van der Waals surface area contributed by atoms with E-state index in [2.05, 4.69) is 37.3 Å². The fourth-order valence-electron chi connectivity index (χ4n) is 0.824. The fraction of sp³-hybridized carbons (Fsp3) is 0.333. The summed E-state index contributed by atoms with van der Waals surface area (Å²) in [6.45, 7) is 2.21. The first-order chi connectivity index (χ1) is 4.93. The Morgan fingerprint density at radius 1 is 1.20 bits per heavy atom. The standard InChI is InChI=1S/C9H12P/c1-2-10-8-9-6-4-3-5-7-9/h3-7H,2,8H2,1H3. The highest BCUT2D eigenvalue weighted by Crippen LogP contribution is 2.16. The van der Waals surface area contributed by atoms with Gasteiger partial charge in [-0.05, 0) is 17.9 Å². The molecule has 0 unspecified atom stereocenters. The summed E-state index contributed by atoms with van der Waals surface area (Å²) in [5.41, 5.74) is 1.45. The van der Waals surface area contributed by atoms with Crippen LogP contribution in [0.2, 0.25) is 0 Å². The molecule has 0 heterocycles. The number of benzene rings is 1. The summed E-state index contributed by atoms with van der Waals surface area (Å²) in [6, 6.07) is 10.6. The molecule has 0 amide bonds. The van der Waals surface area contributed by atoms with Crippen LogP contribution in [-0.4, -0.2) is 6.16 Å². The predicted molar refractivity (Wildman–Crippen MR) is 47.6 cm³/mol. The maximum absolute atomic E-state index is 2.21. The molecule has 0 N–H and O–H groups in total. The van der Waals surface area contributed by atoms with Crippen LogP contribution in [0, 0.1) is 0 Å². The van der Waals surface area contributed by atoms with Crippen molar-refractivity contribution in [2.45, 2.75) is 13.1 Å². The minimum atomic E-state index is 1.21. The summed E-state index contributed by atoms with van der Waals surface area (Å²) < 4.78 is 0. The highest BCUT2D eigenvalue weighted by atomic mass is 31.1. The van der Waals surface area contributed by atoms with E-state index in [0.29, 0.717) is 0 Å². The van der Waals surface area contributed by atoms with Crippen molar-refractivity contribution in [2.24, 2.45) is 0 Å². The molecule has 0 aromatic heterocycles. The van der Waals surface area contributed by atoms with Gasteiger partial charge < -0.3 is 0 Å². The van der Waals surface area contributed by atoms with Gasteiger partial charge in [-0.2, -0.15) is 0 Å². The van der Waals surface area contributed by atoms with E-state index in [4.69, 9.17) is 0 Å². The van der Waals surface area contributed by atoms with Gasteiger partial charge in [-0.3, -0.25) is 0 Å². The van der Waals surface area contributed by atoms with Crippen molar-refractivity contribution in [3.8, 4) is 0 Å². The first-order valence-electron chi connectivity index (χ1n) is 3.60. The van der Waals surface area contributed by atoms with Crippen molar-refractivity contribution in [3.05, 3.63) is 35.9 Å². The van der Waals surface area contributed by atoms with Crippen molar-refractivity contribution < 1.29 is 0 Å². The van der Waals surface area contributed by atoms with Gasteiger partial charge in [0.05, 0.1) is 0 Å². The lowest BCUT2D eigenvalue weighted by Gasteiger charge is -1.95. The molecule has 0 aliphatic heterocycles. The van der Waals surface area contributed by atoms with E-state index in [1.807, 2.05) is 0 Å². The smallest absolute Gasteiger partial charge is 0.00343 e. The zero-order valence-electron chi connectivity index (χ0n) is 6.25. The Bertz CT molecular complexity index is 169. The molecule has 1 aromatic rings. The largest absolute Gasteiger partial charge is 0.0765 e. The van der Waals surface area contributed by atoms with Crippen molar-refractivity contribution in [1.82, 2.24) is 0 Å². The second kappa shape index (κ2) is 4.46. The van der Waals surface area contributed by atoms with E-state index in [1.54, 1.807) is 0 Å². The van der Waals surface area contributed by atoms with E-state index in [-0.39, 0.29) is 0 Å². The van der Waals surface area contributed by atoms with Crippen molar-refractivity contribution in [3.63, 3.8) is 0 Å². The summed E-state index contributed by atoms with van der Waals surface area (Å²) in [5, 5.41) is 0. The Morgan fingerprint density at radius 3 is 2.50 bits per heavy atom. The van der Waals surface area contributed by atoms with Crippen molar-refractivity contribution in [1.29, 1.82) is 0 Å². The topological polar surface area (TPSA) is 0 Å². The number of hydrogen-bond acceptors (Lipinski definition) is 0. The first-order valence-corrected chi connectivity index (χ1v) is 4.87. The van der Waals surface area contributed by atoms with Crippen LogP contribution in [0.4, 0.5) is 0 Å². The van der Waals surface area contributed by atoms with E-state index in [0.717, 1.165) is 0 Å². The molecule has 1 rings (SSSR count). The highest BCUT2D eigenvalue weighted by Gasteiger charge is 1.87. The second-order valence-electron chi connectivity index (χ2n) is 2.18. The summed E-state index contributed by atoms with van der Waals surface area (Å²) in [6.07, 6.45) is 2.46.